The second kappa shape index (κ2) is 14.8. The Morgan fingerprint density at radius 1 is 0.822 bits per heavy atom. The molecule has 2 atom stereocenters. The number of amides is 3. The molecule has 0 aromatic heterocycles. The fraction of sp³-hybridized carbons (Fsp3) is 0.419. The van der Waals surface area contributed by atoms with Gasteiger partial charge >= 0.3 is 18.1 Å². The maximum atomic E-state index is 14.6. The van der Waals surface area contributed by atoms with E-state index in [1.54, 1.807) is 59.7 Å². The molecule has 244 valence electrons. The Kier molecular flexibility index (Phi) is 12.0. The number of aliphatic imine (C=N–C) groups is 1. The van der Waals surface area contributed by atoms with E-state index < -0.39 is 65.3 Å². The van der Waals surface area contributed by atoms with Gasteiger partial charge in [0.25, 0.3) is 5.91 Å². The van der Waals surface area contributed by atoms with Crippen molar-refractivity contribution in [3.63, 3.8) is 0 Å². The maximum absolute atomic E-state index is 14.6. The number of ether oxygens (including phenoxy) is 2. The molecule has 0 aliphatic heterocycles. The lowest BCUT2D eigenvalue weighted by atomic mass is 9.84. The van der Waals surface area contributed by atoms with Gasteiger partial charge in [-0.1, -0.05) is 30.3 Å². The standard InChI is InChI=1S/C31H39F2N5O7/c1-18(39)22(23(24(40)31(32,33)17-34)36-25(41)20-11-9-8-10-12-20)19-13-15-21(16-14-19)35-26(37-27(42)44-29(2,3)4)38-28(43)45-30(5,6)7/h8-16,22-23H,17,34H2,1-7H3,(H,36,41)(H2,35,37,38,42,43). The summed E-state index contributed by atoms with van der Waals surface area (Å²) >= 11 is 0. The Balaban J connectivity index is 2.49. The van der Waals surface area contributed by atoms with Gasteiger partial charge < -0.3 is 20.5 Å². The number of hydrogen-bond acceptors (Lipinski definition) is 9. The molecule has 0 saturated carbocycles. The second-order valence-electron chi connectivity index (χ2n) is 12.0. The average Bonchev–Trinajstić information content (AvgIpc) is 2.91. The van der Waals surface area contributed by atoms with Crippen molar-refractivity contribution >= 4 is 41.3 Å². The number of rotatable bonds is 9. The summed E-state index contributed by atoms with van der Waals surface area (Å²) in [5.41, 5.74) is 3.73. The molecule has 0 aliphatic carbocycles. The molecule has 2 rings (SSSR count). The van der Waals surface area contributed by atoms with Crippen LogP contribution in [-0.2, 0) is 19.1 Å². The van der Waals surface area contributed by atoms with Gasteiger partial charge in [0.1, 0.15) is 23.0 Å². The Morgan fingerprint density at radius 3 is 1.73 bits per heavy atom. The van der Waals surface area contributed by atoms with Crippen LogP contribution in [-0.4, -0.2) is 65.3 Å². The van der Waals surface area contributed by atoms with E-state index >= 15 is 0 Å². The van der Waals surface area contributed by atoms with Crippen molar-refractivity contribution in [3.05, 3.63) is 65.7 Å². The van der Waals surface area contributed by atoms with Crippen LogP contribution in [0.1, 0.15) is 70.3 Å². The van der Waals surface area contributed by atoms with Crippen LogP contribution in [0.2, 0.25) is 0 Å². The predicted octanol–water partition coefficient (Wildman–Crippen LogP) is 4.36. The molecule has 5 N–H and O–H groups in total. The number of carbonyl (C=O) groups excluding carboxylic acids is 5. The Bertz CT molecular complexity index is 1380. The van der Waals surface area contributed by atoms with Crippen LogP contribution in [0.5, 0.6) is 0 Å². The molecule has 0 fully saturated rings. The van der Waals surface area contributed by atoms with Gasteiger partial charge in [0, 0.05) is 5.56 Å². The van der Waals surface area contributed by atoms with Crippen molar-refractivity contribution in [2.75, 3.05) is 6.54 Å². The van der Waals surface area contributed by atoms with E-state index in [4.69, 9.17) is 15.2 Å². The number of nitrogens with two attached hydrogens (primary N) is 1. The van der Waals surface area contributed by atoms with Crippen LogP contribution >= 0.6 is 0 Å². The Morgan fingerprint density at radius 2 is 1.31 bits per heavy atom. The van der Waals surface area contributed by atoms with Gasteiger partial charge in [0.15, 0.2) is 0 Å². The topological polar surface area (TPSA) is 178 Å². The van der Waals surface area contributed by atoms with Crippen LogP contribution in [0.15, 0.2) is 59.6 Å². The van der Waals surface area contributed by atoms with Gasteiger partial charge in [0.2, 0.25) is 11.7 Å². The molecular formula is C31H39F2N5O7. The zero-order valence-electron chi connectivity index (χ0n) is 26.2. The zero-order valence-corrected chi connectivity index (χ0v) is 26.2. The largest absolute Gasteiger partial charge is 0.444 e. The van der Waals surface area contributed by atoms with Crippen LogP contribution in [0.25, 0.3) is 0 Å². The summed E-state index contributed by atoms with van der Waals surface area (Å²) in [6.07, 6.45) is -1.86. The number of benzene rings is 2. The van der Waals surface area contributed by atoms with E-state index in [2.05, 4.69) is 20.9 Å². The van der Waals surface area contributed by atoms with Crippen LogP contribution in [0, 0.1) is 0 Å². The monoisotopic (exact) mass is 631 g/mol. The van der Waals surface area contributed by atoms with Crippen LogP contribution in [0.3, 0.4) is 0 Å². The number of alkyl halides is 2. The summed E-state index contributed by atoms with van der Waals surface area (Å²) in [4.78, 5) is 67.7. The fourth-order valence-electron chi connectivity index (χ4n) is 3.88. The van der Waals surface area contributed by atoms with Gasteiger partial charge in [0.05, 0.1) is 18.2 Å². The lowest BCUT2D eigenvalue weighted by Gasteiger charge is -2.28. The first-order chi connectivity index (χ1) is 20.7. The highest BCUT2D eigenvalue weighted by molar-refractivity contribution is 6.04. The summed E-state index contributed by atoms with van der Waals surface area (Å²) < 4.78 is 39.6. The normalized spacial score (nSPS) is 13.0. The highest BCUT2D eigenvalue weighted by Gasteiger charge is 2.47. The summed E-state index contributed by atoms with van der Waals surface area (Å²) in [7, 11) is 0. The molecule has 0 aliphatic rings. The minimum atomic E-state index is -4.04. The van der Waals surface area contributed by atoms with Crippen molar-refractivity contribution in [2.24, 2.45) is 10.7 Å². The molecule has 12 nitrogen and oxygen atoms in total. The Hall–Kier alpha value is -4.72. The molecule has 0 heterocycles. The molecule has 45 heavy (non-hydrogen) atoms. The summed E-state index contributed by atoms with van der Waals surface area (Å²) in [6.45, 7) is 9.59. The molecule has 2 unspecified atom stereocenters. The van der Waals surface area contributed by atoms with E-state index in [0.717, 1.165) is 6.92 Å². The molecule has 0 saturated heterocycles. The van der Waals surface area contributed by atoms with Crippen molar-refractivity contribution in [1.29, 1.82) is 0 Å². The smallest absolute Gasteiger partial charge is 0.414 e. The van der Waals surface area contributed by atoms with Crippen molar-refractivity contribution in [1.82, 2.24) is 16.0 Å². The molecule has 0 bridgehead atoms. The molecule has 14 heteroatoms. The predicted molar refractivity (Wildman–Crippen MR) is 162 cm³/mol. The molecule has 2 aromatic carbocycles. The summed E-state index contributed by atoms with van der Waals surface area (Å²) in [5, 5.41) is 6.93. The number of halogens is 2. The fourth-order valence-corrected chi connectivity index (χ4v) is 3.88. The number of guanidine groups is 1. The third kappa shape index (κ3) is 11.7. The first kappa shape index (κ1) is 36.5. The summed E-state index contributed by atoms with van der Waals surface area (Å²) in [6, 6.07) is 11.0. The molecule has 0 spiro atoms. The number of carbonyl (C=O) groups is 5. The minimum Gasteiger partial charge on any atom is -0.444 e. The van der Waals surface area contributed by atoms with Crippen LogP contribution in [0.4, 0.5) is 24.1 Å². The lowest BCUT2D eigenvalue weighted by molar-refractivity contribution is -0.145. The quantitative estimate of drug-likeness (QED) is 0.233. The lowest BCUT2D eigenvalue weighted by Crippen LogP contribution is -2.54. The van der Waals surface area contributed by atoms with Gasteiger partial charge in [-0.3, -0.25) is 25.0 Å². The SMILES string of the molecule is CC(=O)C(c1ccc(N=C(NC(=O)OC(C)(C)C)NC(=O)OC(C)(C)C)cc1)C(NC(=O)c1ccccc1)C(=O)C(F)(F)CN. The van der Waals surface area contributed by atoms with Gasteiger partial charge in [-0.05, 0) is 78.3 Å². The van der Waals surface area contributed by atoms with E-state index in [-0.39, 0.29) is 22.8 Å². The van der Waals surface area contributed by atoms with Crippen LogP contribution < -0.4 is 21.7 Å². The van der Waals surface area contributed by atoms with E-state index in [1.165, 1.54) is 36.4 Å². The number of nitrogens with zero attached hydrogens (tertiary/aromatic N) is 1. The number of ketones is 2. The highest BCUT2D eigenvalue weighted by atomic mass is 19.3. The second-order valence-corrected chi connectivity index (χ2v) is 12.0. The average molecular weight is 632 g/mol. The number of Topliss-reactive ketones (excluding diaryl/α,β-unsaturated/α-hetero) is 2. The number of alkyl carbamates (subject to hydrolysis) is 2. The molecule has 3 amide bonds. The van der Waals surface area contributed by atoms with Gasteiger partial charge in [-0.2, -0.15) is 8.78 Å². The molecular weight excluding hydrogens is 592 g/mol. The zero-order chi connectivity index (χ0) is 34.2. The van der Waals surface area contributed by atoms with Gasteiger partial charge in [-0.25, -0.2) is 14.6 Å². The van der Waals surface area contributed by atoms with E-state index in [9.17, 15) is 32.8 Å². The first-order valence-corrected chi connectivity index (χ1v) is 13.9. The summed E-state index contributed by atoms with van der Waals surface area (Å²) in [5.74, 6) is -9.20. The maximum Gasteiger partial charge on any atom is 0.414 e. The highest BCUT2D eigenvalue weighted by Crippen LogP contribution is 2.29. The number of hydrogen-bond donors (Lipinski definition) is 4. The van der Waals surface area contributed by atoms with Crippen molar-refractivity contribution in [3.8, 4) is 0 Å². The Labute approximate surface area is 260 Å². The molecule has 2 aromatic rings. The molecule has 0 radical (unpaired) electrons. The number of nitrogens with one attached hydrogen (secondary N) is 3. The van der Waals surface area contributed by atoms with E-state index in [0.29, 0.717) is 0 Å². The first-order valence-electron chi connectivity index (χ1n) is 13.9. The third-order valence-corrected chi connectivity index (χ3v) is 5.73. The minimum absolute atomic E-state index is 0.0841. The third-order valence-electron chi connectivity index (χ3n) is 5.73. The van der Waals surface area contributed by atoms with E-state index in [1.807, 2.05) is 0 Å². The van der Waals surface area contributed by atoms with Crippen molar-refractivity contribution < 1.29 is 42.2 Å². The van der Waals surface area contributed by atoms with Crippen molar-refractivity contribution in [2.45, 2.75) is 77.6 Å². The van der Waals surface area contributed by atoms with Gasteiger partial charge in [-0.15, -0.1) is 0 Å².